The fourth-order valence-corrected chi connectivity index (χ4v) is 1.61. The summed E-state index contributed by atoms with van der Waals surface area (Å²) in [7, 11) is 0. The number of phenolic OH excluding ortho intramolecular Hbond substituents is 2. The molecule has 0 spiro atoms. The quantitative estimate of drug-likeness (QED) is 0.772. The van der Waals surface area contributed by atoms with Crippen LogP contribution >= 0.6 is 0 Å². The zero-order valence-electron chi connectivity index (χ0n) is 9.63. The maximum absolute atomic E-state index is 11.8. The number of nitrogens with one attached hydrogen (secondary N) is 1. The van der Waals surface area contributed by atoms with Gasteiger partial charge >= 0.3 is 0 Å². The van der Waals surface area contributed by atoms with Crippen molar-refractivity contribution < 1.29 is 15.0 Å². The first kappa shape index (κ1) is 12.0. The number of benzene rings is 2. The van der Waals surface area contributed by atoms with E-state index in [9.17, 15) is 15.0 Å². The van der Waals surface area contributed by atoms with Gasteiger partial charge in [0, 0.05) is 18.2 Å². The lowest BCUT2D eigenvalue weighted by atomic mass is 10.1. The van der Waals surface area contributed by atoms with Crippen LogP contribution < -0.4 is 5.32 Å². The van der Waals surface area contributed by atoms with Gasteiger partial charge in [0.1, 0.15) is 11.5 Å². The molecule has 1 amide bonds. The second-order valence-electron chi connectivity index (χ2n) is 3.91. The summed E-state index contributed by atoms with van der Waals surface area (Å²) in [6.07, 6.45) is 0. The molecule has 0 aliphatic carbocycles. The Hall–Kier alpha value is -2.49. The molecule has 0 bridgehead atoms. The maximum Gasteiger partial charge on any atom is 0.251 e. The highest BCUT2D eigenvalue weighted by atomic mass is 16.3. The highest BCUT2D eigenvalue weighted by molar-refractivity contribution is 5.94. The van der Waals surface area contributed by atoms with Gasteiger partial charge < -0.3 is 15.5 Å². The predicted molar refractivity (Wildman–Crippen MR) is 67.4 cm³/mol. The Morgan fingerprint density at radius 1 is 1.00 bits per heavy atom. The largest absolute Gasteiger partial charge is 0.508 e. The molecule has 0 saturated carbocycles. The van der Waals surface area contributed by atoms with E-state index in [2.05, 4.69) is 5.32 Å². The normalized spacial score (nSPS) is 10.0. The van der Waals surface area contributed by atoms with Gasteiger partial charge in [-0.1, -0.05) is 30.3 Å². The van der Waals surface area contributed by atoms with E-state index in [0.717, 1.165) is 5.56 Å². The molecule has 0 fully saturated rings. The third-order valence-electron chi connectivity index (χ3n) is 2.46. The van der Waals surface area contributed by atoms with Crippen molar-refractivity contribution in [1.82, 2.24) is 5.32 Å². The SMILES string of the molecule is O=C(NCc1ccccc1)c1cc(O)cc(O)c1. The second-order valence-corrected chi connectivity index (χ2v) is 3.91. The first-order valence-electron chi connectivity index (χ1n) is 5.50. The van der Waals surface area contributed by atoms with Crippen LogP contribution in [0.5, 0.6) is 11.5 Å². The number of carbonyl (C=O) groups excluding carboxylic acids is 1. The summed E-state index contributed by atoms with van der Waals surface area (Å²) < 4.78 is 0. The van der Waals surface area contributed by atoms with Crippen molar-refractivity contribution in [2.24, 2.45) is 0 Å². The van der Waals surface area contributed by atoms with Gasteiger partial charge in [-0.15, -0.1) is 0 Å². The molecule has 0 aromatic heterocycles. The number of phenols is 2. The van der Waals surface area contributed by atoms with Crippen LogP contribution in [-0.2, 0) is 6.54 Å². The molecule has 2 aromatic rings. The maximum atomic E-state index is 11.8. The molecular weight excluding hydrogens is 230 g/mol. The minimum absolute atomic E-state index is 0.139. The van der Waals surface area contributed by atoms with Gasteiger partial charge in [-0.2, -0.15) is 0 Å². The van der Waals surface area contributed by atoms with Crippen molar-refractivity contribution in [3.05, 3.63) is 59.7 Å². The smallest absolute Gasteiger partial charge is 0.251 e. The van der Waals surface area contributed by atoms with E-state index in [1.54, 1.807) is 0 Å². The van der Waals surface area contributed by atoms with Gasteiger partial charge in [-0.05, 0) is 17.7 Å². The fourth-order valence-electron chi connectivity index (χ4n) is 1.61. The van der Waals surface area contributed by atoms with E-state index in [1.165, 1.54) is 18.2 Å². The van der Waals surface area contributed by atoms with Crippen molar-refractivity contribution in [3.63, 3.8) is 0 Å². The average Bonchev–Trinajstić information content (AvgIpc) is 2.36. The number of amides is 1. The summed E-state index contributed by atoms with van der Waals surface area (Å²) >= 11 is 0. The van der Waals surface area contributed by atoms with Crippen LogP contribution in [0, 0.1) is 0 Å². The Kier molecular flexibility index (Phi) is 3.48. The Labute approximate surface area is 105 Å². The molecule has 4 heteroatoms. The zero-order chi connectivity index (χ0) is 13.0. The van der Waals surface area contributed by atoms with Crippen molar-refractivity contribution in [1.29, 1.82) is 0 Å². The molecule has 0 unspecified atom stereocenters. The predicted octanol–water partition coefficient (Wildman–Crippen LogP) is 2.03. The van der Waals surface area contributed by atoms with E-state index in [4.69, 9.17) is 0 Å². The van der Waals surface area contributed by atoms with Gasteiger partial charge in [0.05, 0.1) is 0 Å². The molecule has 92 valence electrons. The van der Waals surface area contributed by atoms with Crippen molar-refractivity contribution in [2.75, 3.05) is 0 Å². The molecule has 2 rings (SSSR count). The van der Waals surface area contributed by atoms with Crippen LogP contribution in [0.4, 0.5) is 0 Å². The van der Waals surface area contributed by atoms with Crippen molar-refractivity contribution in [2.45, 2.75) is 6.54 Å². The van der Waals surface area contributed by atoms with Crippen LogP contribution in [0.25, 0.3) is 0 Å². The summed E-state index contributed by atoms with van der Waals surface area (Å²) in [5.41, 5.74) is 1.21. The van der Waals surface area contributed by atoms with Crippen LogP contribution in [0.15, 0.2) is 48.5 Å². The first-order chi connectivity index (χ1) is 8.65. The number of rotatable bonds is 3. The number of carbonyl (C=O) groups is 1. The van der Waals surface area contributed by atoms with Gasteiger partial charge in [0.2, 0.25) is 0 Å². The first-order valence-corrected chi connectivity index (χ1v) is 5.50. The van der Waals surface area contributed by atoms with E-state index in [1.807, 2.05) is 30.3 Å². The summed E-state index contributed by atoms with van der Waals surface area (Å²) in [6, 6.07) is 13.3. The highest BCUT2D eigenvalue weighted by Crippen LogP contribution is 2.20. The number of hydrogen-bond donors (Lipinski definition) is 3. The van der Waals surface area contributed by atoms with E-state index in [0.29, 0.717) is 6.54 Å². The summed E-state index contributed by atoms with van der Waals surface area (Å²) in [5, 5.41) is 21.3. The average molecular weight is 243 g/mol. The van der Waals surface area contributed by atoms with E-state index < -0.39 is 0 Å². The summed E-state index contributed by atoms with van der Waals surface area (Å²) in [4.78, 5) is 11.8. The van der Waals surface area contributed by atoms with Gasteiger partial charge in [0.15, 0.2) is 0 Å². The Bertz CT molecular complexity index is 532. The minimum Gasteiger partial charge on any atom is -0.508 e. The molecule has 0 radical (unpaired) electrons. The molecule has 0 heterocycles. The van der Waals surface area contributed by atoms with E-state index in [-0.39, 0.29) is 23.0 Å². The number of hydrogen-bond acceptors (Lipinski definition) is 3. The molecule has 3 N–H and O–H groups in total. The molecule has 0 atom stereocenters. The van der Waals surface area contributed by atoms with Crippen molar-refractivity contribution in [3.8, 4) is 11.5 Å². The van der Waals surface area contributed by atoms with Crippen LogP contribution in [0.2, 0.25) is 0 Å². The molecular formula is C14H13NO3. The summed E-state index contributed by atoms with van der Waals surface area (Å²) in [5.74, 6) is -0.621. The Balaban J connectivity index is 2.04. The van der Waals surface area contributed by atoms with Crippen LogP contribution in [0.3, 0.4) is 0 Å². The molecule has 0 aliphatic heterocycles. The Morgan fingerprint density at radius 3 is 2.22 bits per heavy atom. The lowest BCUT2D eigenvalue weighted by Gasteiger charge is -2.06. The fraction of sp³-hybridized carbons (Fsp3) is 0.0714. The topological polar surface area (TPSA) is 69.6 Å². The molecule has 0 aliphatic rings. The third kappa shape index (κ3) is 3.01. The minimum atomic E-state index is -0.343. The monoisotopic (exact) mass is 243 g/mol. The molecule has 18 heavy (non-hydrogen) atoms. The standard InChI is InChI=1S/C14H13NO3/c16-12-6-11(7-13(17)8-12)14(18)15-9-10-4-2-1-3-5-10/h1-8,16-17H,9H2,(H,15,18). The van der Waals surface area contributed by atoms with Gasteiger partial charge in [-0.3, -0.25) is 4.79 Å². The summed E-state index contributed by atoms with van der Waals surface area (Å²) in [6.45, 7) is 0.399. The van der Waals surface area contributed by atoms with Crippen molar-refractivity contribution >= 4 is 5.91 Å². The Morgan fingerprint density at radius 2 is 1.61 bits per heavy atom. The van der Waals surface area contributed by atoms with Crippen LogP contribution in [0.1, 0.15) is 15.9 Å². The lowest BCUT2D eigenvalue weighted by molar-refractivity contribution is 0.0950. The molecule has 0 saturated heterocycles. The van der Waals surface area contributed by atoms with Crippen LogP contribution in [-0.4, -0.2) is 16.1 Å². The molecule has 4 nitrogen and oxygen atoms in total. The number of aromatic hydroxyl groups is 2. The lowest BCUT2D eigenvalue weighted by Crippen LogP contribution is -2.22. The van der Waals surface area contributed by atoms with Gasteiger partial charge in [-0.25, -0.2) is 0 Å². The molecule has 2 aromatic carbocycles. The zero-order valence-corrected chi connectivity index (χ0v) is 9.63. The van der Waals surface area contributed by atoms with Gasteiger partial charge in [0.25, 0.3) is 5.91 Å². The van der Waals surface area contributed by atoms with E-state index >= 15 is 0 Å². The third-order valence-corrected chi connectivity index (χ3v) is 2.46. The highest BCUT2D eigenvalue weighted by Gasteiger charge is 2.07. The second kappa shape index (κ2) is 5.23.